The average Bonchev–Trinajstić information content (AvgIpc) is 2.85. The van der Waals surface area contributed by atoms with Gasteiger partial charge < -0.3 is 5.32 Å². The van der Waals surface area contributed by atoms with Crippen molar-refractivity contribution in [2.75, 3.05) is 5.32 Å². The SMILES string of the molecule is Cc1c(C(CC(C)C)Nc2ccccn2)sc2ccccc12. The van der Waals surface area contributed by atoms with Gasteiger partial charge in [0, 0.05) is 15.8 Å². The number of thiophene rings is 1. The molecule has 1 unspecified atom stereocenters. The number of aromatic nitrogens is 1. The molecule has 0 spiro atoms. The molecule has 0 aliphatic rings. The summed E-state index contributed by atoms with van der Waals surface area (Å²) >= 11 is 1.90. The molecule has 1 atom stereocenters. The number of nitrogens with one attached hydrogen (secondary N) is 1. The molecule has 22 heavy (non-hydrogen) atoms. The van der Waals surface area contributed by atoms with E-state index in [9.17, 15) is 0 Å². The summed E-state index contributed by atoms with van der Waals surface area (Å²) in [6.07, 6.45) is 2.94. The van der Waals surface area contributed by atoms with Crippen LogP contribution in [0, 0.1) is 12.8 Å². The van der Waals surface area contributed by atoms with Gasteiger partial charge in [-0.1, -0.05) is 38.1 Å². The highest BCUT2D eigenvalue weighted by Crippen LogP contribution is 2.38. The van der Waals surface area contributed by atoms with E-state index in [2.05, 4.69) is 55.3 Å². The minimum atomic E-state index is 0.312. The molecular weight excluding hydrogens is 288 g/mol. The van der Waals surface area contributed by atoms with E-state index in [0.29, 0.717) is 12.0 Å². The van der Waals surface area contributed by atoms with Crippen LogP contribution in [0.4, 0.5) is 5.82 Å². The topological polar surface area (TPSA) is 24.9 Å². The van der Waals surface area contributed by atoms with Gasteiger partial charge in [0.25, 0.3) is 0 Å². The van der Waals surface area contributed by atoms with Crippen molar-refractivity contribution in [2.24, 2.45) is 5.92 Å². The van der Waals surface area contributed by atoms with Crippen LogP contribution in [-0.4, -0.2) is 4.98 Å². The Morgan fingerprint density at radius 3 is 2.55 bits per heavy atom. The van der Waals surface area contributed by atoms with E-state index in [4.69, 9.17) is 0 Å². The second-order valence-electron chi connectivity index (χ2n) is 6.13. The van der Waals surface area contributed by atoms with Gasteiger partial charge in [-0.2, -0.15) is 0 Å². The van der Waals surface area contributed by atoms with E-state index in [1.165, 1.54) is 20.5 Å². The van der Waals surface area contributed by atoms with E-state index in [0.717, 1.165) is 12.2 Å². The zero-order valence-electron chi connectivity index (χ0n) is 13.3. The number of aryl methyl sites for hydroxylation is 1. The Labute approximate surface area is 136 Å². The summed E-state index contributed by atoms with van der Waals surface area (Å²) < 4.78 is 1.37. The minimum Gasteiger partial charge on any atom is -0.362 e. The number of benzene rings is 1. The molecule has 0 saturated carbocycles. The molecule has 0 aliphatic carbocycles. The van der Waals surface area contributed by atoms with Crippen LogP contribution in [0.5, 0.6) is 0 Å². The highest BCUT2D eigenvalue weighted by Gasteiger charge is 2.19. The van der Waals surface area contributed by atoms with E-state index in [1.807, 2.05) is 35.7 Å². The molecule has 3 aromatic rings. The van der Waals surface area contributed by atoms with Crippen molar-refractivity contribution in [3.05, 3.63) is 59.1 Å². The molecule has 114 valence electrons. The highest BCUT2D eigenvalue weighted by atomic mass is 32.1. The smallest absolute Gasteiger partial charge is 0.126 e. The molecule has 1 aromatic carbocycles. The summed E-state index contributed by atoms with van der Waals surface area (Å²) in [7, 11) is 0. The Hall–Kier alpha value is -1.87. The molecule has 3 rings (SSSR count). The maximum atomic E-state index is 4.43. The molecule has 0 radical (unpaired) electrons. The van der Waals surface area contributed by atoms with Crippen LogP contribution in [0.25, 0.3) is 10.1 Å². The summed E-state index contributed by atoms with van der Waals surface area (Å²) in [5.41, 5.74) is 1.40. The molecule has 2 nitrogen and oxygen atoms in total. The summed E-state index contributed by atoms with van der Waals surface area (Å²) in [5.74, 6) is 1.58. The second-order valence-corrected chi connectivity index (χ2v) is 7.21. The number of hydrogen-bond donors (Lipinski definition) is 1. The van der Waals surface area contributed by atoms with E-state index < -0.39 is 0 Å². The van der Waals surface area contributed by atoms with Crippen molar-refractivity contribution in [1.29, 1.82) is 0 Å². The van der Waals surface area contributed by atoms with Crippen LogP contribution in [0.1, 0.15) is 36.8 Å². The summed E-state index contributed by atoms with van der Waals surface area (Å²) in [4.78, 5) is 5.86. The highest BCUT2D eigenvalue weighted by molar-refractivity contribution is 7.19. The first-order valence-electron chi connectivity index (χ1n) is 7.80. The lowest BCUT2D eigenvalue weighted by Crippen LogP contribution is -2.13. The standard InChI is InChI=1S/C19H22N2S/c1-13(2)12-16(21-18-10-6-7-11-20-18)19-14(3)15-8-4-5-9-17(15)22-19/h4-11,13,16H,12H2,1-3H3,(H,20,21). The first-order chi connectivity index (χ1) is 10.6. The van der Waals surface area contributed by atoms with Gasteiger partial charge in [-0.15, -0.1) is 11.3 Å². The van der Waals surface area contributed by atoms with Crippen molar-refractivity contribution < 1.29 is 0 Å². The monoisotopic (exact) mass is 310 g/mol. The van der Waals surface area contributed by atoms with Gasteiger partial charge in [-0.25, -0.2) is 4.98 Å². The molecule has 2 heterocycles. The Kier molecular flexibility index (Phi) is 4.44. The minimum absolute atomic E-state index is 0.312. The zero-order valence-corrected chi connectivity index (χ0v) is 14.2. The lowest BCUT2D eigenvalue weighted by atomic mass is 9.99. The number of hydrogen-bond acceptors (Lipinski definition) is 3. The van der Waals surface area contributed by atoms with Crippen molar-refractivity contribution in [1.82, 2.24) is 4.98 Å². The maximum absolute atomic E-state index is 4.43. The Balaban J connectivity index is 1.98. The maximum Gasteiger partial charge on any atom is 0.126 e. The molecule has 0 saturated heterocycles. The number of nitrogens with zero attached hydrogens (tertiary/aromatic N) is 1. The van der Waals surface area contributed by atoms with Gasteiger partial charge in [0.05, 0.1) is 6.04 Å². The molecule has 0 bridgehead atoms. The van der Waals surface area contributed by atoms with Crippen molar-refractivity contribution >= 4 is 27.2 Å². The van der Waals surface area contributed by atoms with Crippen molar-refractivity contribution in [3.8, 4) is 0 Å². The fourth-order valence-electron chi connectivity index (χ4n) is 2.86. The summed E-state index contributed by atoms with van der Waals surface area (Å²) in [6, 6.07) is 15.0. The third kappa shape index (κ3) is 3.14. The van der Waals surface area contributed by atoms with Gasteiger partial charge >= 0.3 is 0 Å². The number of pyridine rings is 1. The quantitative estimate of drug-likeness (QED) is 0.644. The number of rotatable bonds is 5. The summed E-state index contributed by atoms with van der Waals surface area (Å²) in [6.45, 7) is 6.78. The predicted molar refractivity (Wildman–Crippen MR) is 96.6 cm³/mol. The van der Waals surface area contributed by atoms with E-state index in [1.54, 1.807) is 0 Å². The van der Waals surface area contributed by atoms with Gasteiger partial charge in [-0.3, -0.25) is 0 Å². The Bertz CT molecular complexity index is 746. The van der Waals surface area contributed by atoms with Crippen LogP contribution in [-0.2, 0) is 0 Å². The van der Waals surface area contributed by atoms with Crippen LogP contribution >= 0.6 is 11.3 Å². The van der Waals surface area contributed by atoms with Crippen LogP contribution in [0.2, 0.25) is 0 Å². The molecular formula is C19H22N2S. The van der Waals surface area contributed by atoms with Gasteiger partial charge in [-0.05, 0) is 48.4 Å². The van der Waals surface area contributed by atoms with E-state index >= 15 is 0 Å². The summed E-state index contributed by atoms with van der Waals surface area (Å²) in [5, 5.41) is 5.00. The molecule has 0 fully saturated rings. The van der Waals surface area contributed by atoms with Crippen LogP contribution in [0.15, 0.2) is 48.7 Å². The normalized spacial score (nSPS) is 12.7. The molecule has 1 N–H and O–H groups in total. The second kappa shape index (κ2) is 6.49. The predicted octanol–water partition coefficient (Wildman–Crippen LogP) is 5.80. The first kappa shape index (κ1) is 15.0. The fraction of sp³-hybridized carbons (Fsp3) is 0.316. The van der Waals surface area contributed by atoms with Crippen molar-refractivity contribution in [2.45, 2.75) is 33.2 Å². The van der Waals surface area contributed by atoms with Gasteiger partial charge in [0.2, 0.25) is 0 Å². The van der Waals surface area contributed by atoms with Crippen LogP contribution in [0.3, 0.4) is 0 Å². The zero-order chi connectivity index (χ0) is 15.5. The number of anilines is 1. The Morgan fingerprint density at radius 2 is 1.86 bits per heavy atom. The molecule has 0 aliphatic heterocycles. The third-order valence-corrected chi connectivity index (χ3v) is 5.28. The van der Waals surface area contributed by atoms with Crippen LogP contribution < -0.4 is 5.32 Å². The van der Waals surface area contributed by atoms with Crippen molar-refractivity contribution in [3.63, 3.8) is 0 Å². The molecule has 3 heteroatoms. The lowest BCUT2D eigenvalue weighted by molar-refractivity contribution is 0.533. The average molecular weight is 310 g/mol. The third-order valence-electron chi connectivity index (χ3n) is 3.89. The van der Waals surface area contributed by atoms with Gasteiger partial charge in [0.15, 0.2) is 0 Å². The largest absolute Gasteiger partial charge is 0.362 e. The fourth-order valence-corrected chi connectivity index (χ4v) is 4.13. The number of fused-ring (bicyclic) bond motifs is 1. The van der Waals surface area contributed by atoms with Gasteiger partial charge in [0.1, 0.15) is 5.82 Å². The molecule has 0 amide bonds. The van der Waals surface area contributed by atoms with E-state index in [-0.39, 0.29) is 0 Å². The molecule has 2 aromatic heterocycles. The lowest BCUT2D eigenvalue weighted by Gasteiger charge is -2.21. The Morgan fingerprint density at radius 1 is 1.09 bits per heavy atom. The first-order valence-corrected chi connectivity index (χ1v) is 8.62.